The fraction of sp³-hybridized carbons (Fsp3) is 0.174. The normalized spacial score (nSPS) is 10.7. The highest BCUT2D eigenvalue weighted by Crippen LogP contribution is 2.32. The van der Waals surface area contributed by atoms with Gasteiger partial charge < -0.3 is 23.7 Å². The second-order valence-electron chi connectivity index (χ2n) is 6.85. The number of ether oxygens (including phenoxy) is 2. The van der Waals surface area contributed by atoms with Crippen LogP contribution in [-0.2, 0) is 0 Å². The van der Waals surface area contributed by atoms with Crippen molar-refractivity contribution in [3.05, 3.63) is 65.6 Å². The van der Waals surface area contributed by atoms with Gasteiger partial charge in [0, 0.05) is 16.8 Å². The monoisotopic (exact) mass is 419 g/mol. The zero-order chi connectivity index (χ0) is 22.0. The highest BCUT2D eigenvalue weighted by Gasteiger charge is 2.16. The van der Waals surface area contributed by atoms with Crippen LogP contribution in [0.4, 0.5) is 5.69 Å². The Morgan fingerprint density at radius 1 is 0.968 bits per heavy atom. The van der Waals surface area contributed by atoms with Gasteiger partial charge in [0.05, 0.1) is 19.8 Å². The average molecular weight is 419 g/mol. The van der Waals surface area contributed by atoms with Crippen molar-refractivity contribution in [3.8, 4) is 34.3 Å². The summed E-state index contributed by atoms with van der Waals surface area (Å²) in [4.78, 5) is 17.0. The van der Waals surface area contributed by atoms with E-state index in [2.05, 4.69) is 15.5 Å². The Morgan fingerprint density at radius 3 is 2.48 bits per heavy atom. The largest absolute Gasteiger partial charge is 0.493 e. The predicted octanol–water partition coefficient (Wildman–Crippen LogP) is 4.88. The smallest absolute Gasteiger partial charge is 0.259 e. The molecular formula is C23H21N3O5. The molecule has 0 fully saturated rings. The van der Waals surface area contributed by atoms with E-state index < -0.39 is 0 Å². The molecule has 1 N–H and O–H groups in total. The number of aromatic nitrogens is 2. The molecule has 0 radical (unpaired) electrons. The molecule has 8 heteroatoms. The van der Waals surface area contributed by atoms with Crippen molar-refractivity contribution in [3.63, 3.8) is 0 Å². The van der Waals surface area contributed by atoms with E-state index in [0.717, 1.165) is 0 Å². The molecule has 2 heterocycles. The van der Waals surface area contributed by atoms with Gasteiger partial charge >= 0.3 is 0 Å². The molecule has 2 aromatic carbocycles. The summed E-state index contributed by atoms with van der Waals surface area (Å²) in [6, 6.07) is 14.3. The lowest BCUT2D eigenvalue weighted by Crippen LogP contribution is -2.12. The first-order valence-electron chi connectivity index (χ1n) is 9.53. The number of carbonyl (C=O) groups is 1. The molecule has 31 heavy (non-hydrogen) atoms. The number of furan rings is 1. The molecule has 0 saturated heterocycles. The van der Waals surface area contributed by atoms with Gasteiger partial charge in [-0.25, -0.2) is 0 Å². The van der Waals surface area contributed by atoms with Crippen LogP contribution in [0.3, 0.4) is 0 Å². The molecule has 2 aromatic heterocycles. The maximum Gasteiger partial charge on any atom is 0.259 e. The van der Waals surface area contributed by atoms with Gasteiger partial charge in [-0.15, -0.1) is 0 Å². The van der Waals surface area contributed by atoms with E-state index >= 15 is 0 Å². The number of aryl methyl sites for hydroxylation is 2. The number of methoxy groups -OCH3 is 2. The number of benzene rings is 2. The lowest BCUT2D eigenvalue weighted by atomic mass is 10.1. The minimum Gasteiger partial charge on any atom is -0.493 e. The van der Waals surface area contributed by atoms with Crippen molar-refractivity contribution in [2.24, 2.45) is 0 Å². The van der Waals surface area contributed by atoms with Gasteiger partial charge in [-0.1, -0.05) is 17.3 Å². The number of nitrogens with one attached hydrogen (secondary N) is 1. The molecule has 158 valence electrons. The molecule has 4 aromatic rings. The van der Waals surface area contributed by atoms with Crippen molar-refractivity contribution in [2.75, 3.05) is 19.5 Å². The van der Waals surface area contributed by atoms with Crippen LogP contribution < -0.4 is 14.8 Å². The molecule has 0 aliphatic carbocycles. The number of anilines is 1. The summed E-state index contributed by atoms with van der Waals surface area (Å²) >= 11 is 0. The van der Waals surface area contributed by atoms with Crippen LogP contribution in [0.1, 0.15) is 21.9 Å². The lowest BCUT2D eigenvalue weighted by Gasteiger charge is -2.07. The SMILES string of the molecule is COc1ccc(-c2nc(-c3cccc(NC(=O)c4cc(C)oc4C)c3)no2)cc1OC. The first-order valence-corrected chi connectivity index (χ1v) is 9.53. The Balaban J connectivity index is 1.57. The van der Waals surface area contributed by atoms with Crippen LogP contribution in [0.25, 0.3) is 22.8 Å². The fourth-order valence-corrected chi connectivity index (χ4v) is 3.22. The Hall–Kier alpha value is -4.07. The van der Waals surface area contributed by atoms with Crippen molar-refractivity contribution >= 4 is 11.6 Å². The fourth-order valence-electron chi connectivity index (χ4n) is 3.22. The summed E-state index contributed by atoms with van der Waals surface area (Å²) in [6.45, 7) is 3.56. The van der Waals surface area contributed by atoms with Crippen molar-refractivity contribution in [1.82, 2.24) is 10.1 Å². The van der Waals surface area contributed by atoms with Crippen LogP contribution in [0.2, 0.25) is 0 Å². The summed E-state index contributed by atoms with van der Waals surface area (Å²) in [5.74, 6) is 2.93. The molecule has 4 rings (SSSR count). The highest BCUT2D eigenvalue weighted by atomic mass is 16.5. The van der Waals surface area contributed by atoms with Crippen molar-refractivity contribution in [2.45, 2.75) is 13.8 Å². The van der Waals surface area contributed by atoms with Crippen molar-refractivity contribution < 1.29 is 23.2 Å². The summed E-state index contributed by atoms with van der Waals surface area (Å²) < 4.78 is 21.4. The molecule has 0 atom stereocenters. The molecule has 8 nitrogen and oxygen atoms in total. The van der Waals surface area contributed by atoms with E-state index in [4.69, 9.17) is 18.4 Å². The standard InChI is InChI=1S/C23H21N3O5/c1-13-10-18(14(2)30-13)22(27)24-17-7-5-6-15(11-17)21-25-23(31-26-21)16-8-9-19(28-3)20(12-16)29-4/h5-12H,1-4H3,(H,24,27). The molecule has 0 aliphatic rings. The Labute approximate surface area is 178 Å². The zero-order valence-corrected chi connectivity index (χ0v) is 17.6. The highest BCUT2D eigenvalue weighted by molar-refractivity contribution is 6.05. The third-order valence-corrected chi connectivity index (χ3v) is 4.72. The second kappa shape index (κ2) is 8.35. The Morgan fingerprint density at radius 2 is 1.77 bits per heavy atom. The minimum atomic E-state index is -0.245. The maximum atomic E-state index is 12.6. The number of amides is 1. The number of hydrogen-bond donors (Lipinski definition) is 1. The molecule has 0 saturated carbocycles. The van der Waals surface area contributed by atoms with Gasteiger partial charge in [0.2, 0.25) is 5.82 Å². The minimum absolute atomic E-state index is 0.245. The lowest BCUT2D eigenvalue weighted by molar-refractivity contribution is 0.102. The number of nitrogens with zero attached hydrogens (tertiary/aromatic N) is 2. The van der Waals surface area contributed by atoms with Gasteiger partial charge in [0.15, 0.2) is 11.5 Å². The van der Waals surface area contributed by atoms with Gasteiger partial charge in [-0.05, 0) is 50.2 Å². The molecule has 0 spiro atoms. The molecular weight excluding hydrogens is 398 g/mol. The summed E-state index contributed by atoms with van der Waals surface area (Å²) in [6.07, 6.45) is 0. The van der Waals surface area contributed by atoms with Crippen LogP contribution in [-0.4, -0.2) is 30.3 Å². The average Bonchev–Trinajstić information content (AvgIpc) is 3.40. The van der Waals surface area contributed by atoms with Gasteiger partial charge in [-0.2, -0.15) is 4.98 Å². The molecule has 0 aliphatic heterocycles. The Kier molecular flexibility index (Phi) is 5.44. The first kappa shape index (κ1) is 20.2. The number of rotatable bonds is 6. The van der Waals surface area contributed by atoms with Crippen LogP contribution in [0.5, 0.6) is 11.5 Å². The van der Waals surface area contributed by atoms with Gasteiger partial charge in [-0.3, -0.25) is 4.79 Å². The molecule has 0 bridgehead atoms. The maximum absolute atomic E-state index is 12.6. The van der Waals surface area contributed by atoms with Crippen LogP contribution in [0.15, 0.2) is 57.5 Å². The van der Waals surface area contributed by atoms with E-state index in [1.807, 2.05) is 18.2 Å². The summed E-state index contributed by atoms with van der Waals surface area (Å²) in [5, 5.41) is 6.94. The molecule has 0 unspecified atom stereocenters. The van der Waals surface area contributed by atoms with E-state index in [1.165, 1.54) is 0 Å². The topological polar surface area (TPSA) is 99.6 Å². The van der Waals surface area contributed by atoms with E-state index in [1.54, 1.807) is 58.4 Å². The zero-order valence-electron chi connectivity index (χ0n) is 17.6. The summed E-state index contributed by atoms with van der Waals surface area (Å²) in [5.41, 5.74) is 2.51. The van der Waals surface area contributed by atoms with Gasteiger partial charge in [0.1, 0.15) is 11.5 Å². The third-order valence-electron chi connectivity index (χ3n) is 4.72. The second-order valence-corrected chi connectivity index (χ2v) is 6.85. The summed E-state index contributed by atoms with van der Waals surface area (Å²) in [7, 11) is 3.14. The molecule has 1 amide bonds. The van der Waals surface area contributed by atoms with E-state index in [0.29, 0.717) is 57.1 Å². The van der Waals surface area contributed by atoms with Crippen LogP contribution >= 0.6 is 0 Å². The van der Waals surface area contributed by atoms with Crippen LogP contribution in [0, 0.1) is 13.8 Å². The van der Waals surface area contributed by atoms with Gasteiger partial charge in [0.25, 0.3) is 11.8 Å². The predicted molar refractivity (Wildman–Crippen MR) is 114 cm³/mol. The third kappa shape index (κ3) is 4.13. The quantitative estimate of drug-likeness (QED) is 0.475. The number of carbonyl (C=O) groups excluding carboxylic acids is 1. The number of hydrogen-bond acceptors (Lipinski definition) is 7. The van der Waals surface area contributed by atoms with E-state index in [-0.39, 0.29) is 5.91 Å². The van der Waals surface area contributed by atoms with E-state index in [9.17, 15) is 4.79 Å². The first-order chi connectivity index (χ1) is 15.0. The van der Waals surface area contributed by atoms with Crippen molar-refractivity contribution in [1.29, 1.82) is 0 Å². The Bertz CT molecular complexity index is 1240.